The van der Waals surface area contributed by atoms with E-state index in [1.165, 1.54) is 4.88 Å². The number of carbonyl (C=O) groups excluding carboxylic acids is 1. The summed E-state index contributed by atoms with van der Waals surface area (Å²) in [5.74, 6) is 2.15. The number of rotatable bonds is 8. The maximum absolute atomic E-state index is 12.6. The van der Waals surface area contributed by atoms with Gasteiger partial charge in [0.05, 0.1) is 24.7 Å². The zero-order valence-electron chi connectivity index (χ0n) is 19.4. The summed E-state index contributed by atoms with van der Waals surface area (Å²) >= 11 is 1.74. The maximum atomic E-state index is 12.6. The minimum absolute atomic E-state index is 0.0972. The van der Waals surface area contributed by atoms with Gasteiger partial charge in [-0.2, -0.15) is 0 Å². The van der Waals surface area contributed by atoms with E-state index < -0.39 is 0 Å². The number of thiophene rings is 1. The molecule has 1 saturated heterocycles. The van der Waals surface area contributed by atoms with Gasteiger partial charge in [0.15, 0.2) is 0 Å². The molecule has 0 spiro atoms. The lowest BCUT2D eigenvalue weighted by Crippen LogP contribution is -2.41. The van der Waals surface area contributed by atoms with Gasteiger partial charge in [-0.05, 0) is 80.2 Å². The van der Waals surface area contributed by atoms with E-state index in [0.717, 1.165) is 67.2 Å². The first-order valence-electron chi connectivity index (χ1n) is 11.8. The molecule has 1 fully saturated rings. The molecule has 6 nitrogen and oxygen atoms in total. The van der Waals surface area contributed by atoms with Crippen molar-refractivity contribution in [3.63, 3.8) is 0 Å². The Hall–Kier alpha value is -3.16. The van der Waals surface area contributed by atoms with Crippen LogP contribution in [0.2, 0.25) is 0 Å². The lowest BCUT2D eigenvalue weighted by Gasteiger charge is -2.31. The Morgan fingerprint density at radius 2 is 1.88 bits per heavy atom. The molecule has 1 N–H and O–H groups in total. The smallest absolute Gasteiger partial charge is 0.223 e. The summed E-state index contributed by atoms with van der Waals surface area (Å²) in [4.78, 5) is 21.3. The molecular formula is C27H30N4O2S. The first kappa shape index (κ1) is 22.6. The molecule has 2 aromatic heterocycles. The molecule has 0 unspecified atom stereocenters. The lowest BCUT2D eigenvalue weighted by atomic mass is 9.96. The number of imidazole rings is 1. The lowest BCUT2D eigenvalue weighted by molar-refractivity contribution is -0.126. The van der Waals surface area contributed by atoms with Gasteiger partial charge >= 0.3 is 0 Å². The number of amides is 1. The number of benzene rings is 2. The summed E-state index contributed by atoms with van der Waals surface area (Å²) in [5, 5.41) is 5.21. The van der Waals surface area contributed by atoms with Crippen molar-refractivity contribution in [2.45, 2.75) is 25.8 Å². The van der Waals surface area contributed by atoms with Gasteiger partial charge in [0.25, 0.3) is 0 Å². The predicted octanol–water partition coefficient (Wildman–Crippen LogP) is 4.67. The topological polar surface area (TPSA) is 59.4 Å². The summed E-state index contributed by atoms with van der Waals surface area (Å²) in [5.41, 5.74) is 3.17. The number of likely N-dealkylation sites (tertiary alicyclic amines) is 1. The van der Waals surface area contributed by atoms with E-state index in [4.69, 9.17) is 9.72 Å². The standard InChI is InChI=1S/C27H30N4O2S/c1-33-22-10-8-21(9-11-22)31-25-7-3-2-6-24(25)29-26(31)19-30-16-13-20(14-17-30)27(32)28-15-12-23-5-4-18-34-23/h2-11,18,20H,12-17,19H2,1H3,(H,28,32). The van der Waals surface area contributed by atoms with Crippen LogP contribution in [0.3, 0.4) is 0 Å². The highest BCUT2D eigenvalue weighted by atomic mass is 32.1. The van der Waals surface area contributed by atoms with Crippen LogP contribution in [0, 0.1) is 5.92 Å². The van der Waals surface area contributed by atoms with Gasteiger partial charge in [0.1, 0.15) is 11.6 Å². The molecule has 0 saturated carbocycles. The molecule has 0 aliphatic carbocycles. The van der Waals surface area contributed by atoms with E-state index in [1.807, 2.05) is 18.2 Å². The zero-order chi connectivity index (χ0) is 23.3. The highest BCUT2D eigenvalue weighted by molar-refractivity contribution is 7.09. The molecule has 34 heavy (non-hydrogen) atoms. The van der Waals surface area contributed by atoms with Crippen molar-refractivity contribution in [1.29, 1.82) is 0 Å². The summed E-state index contributed by atoms with van der Waals surface area (Å²) < 4.78 is 7.57. The molecule has 3 heterocycles. The first-order chi connectivity index (χ1) is 16.7. The van der Waals surface area contributed by atoms with Crippen LogP contribution >= 0.6 is 11.3 Å². The van der Waals surface area contributed by atoms with Crippen LogP contribution < -0.4 is 10.1 Å². The van der Waals surface area contributed by atoms with Crippen molar-refractivity contribution in [2.24, 2.45) is 5.92 Å². The summed E-state index contributed by atoms with van der Waals surface area (Å²) in [6.07, 6.45) is 2.67. The van der Waals surface area contributed by atoms with Crippen LogP contribution in [0.1, 0.15) is 23.5 Å². The Kier molecular flexibility index (Phi) is 6.92. The number of nitrogens with zero attached hydrogens (tertiary/aromatic N) is 3. The molecule has 2 aromatic carbocycles. The number of hydrogen-bond acceptors (Lipinski definition) is 5. The van der Waals surface area contributed by atoms with Crippen molar-refractivity contribution in [1.82, 2.24) is 19.8 Å². The quantitative estimate of drug-likeness (QED) is 0.403. The molecule has 1 aliphatic rings. The summed E-state index contributed by atoms with van der Waals surface area (Å²) in [6.45, 7) is 3.27. The van der Waals surface area contributed by atoms with Crippen molar-refractivity contribution in [3.8, 4) is 11.4 Å². The second-order valence-corrected chi connectivity index (χ2v) is 9.75. The van der Waals surface area contributed by atoms with Gasteiger partial charge in [0.2, 0.25) is 5.91 Å². The first-order valence-corrected chi connectivity index (χ1v) is 12.7. The second kappa shape index (κ2) is 10.4. The van der Waals surface area contributed by atoms with Crippen LogP contribution in [-0.4, -0.2) is 47.1 Å². The van der Waals surface area contributed by atoms with E-state index in [-0.39, 0.29) is 11.8 Å². The number of piperidine rings is 1. The number of para-hydroxylation sites is 2. The number of methoxy groups -OCH3 is 1. The third-order valence-corrected chi connectivity index (χ3v) is 7.47. The van der Waals surface area contributed by atoms with Gasteiger partial charge in [-0.15, -0.1) is 11.3 Å². The minimum Gasteiger partial charge on any atom is -0.497 e. The molecule has 1 aliphatic heterocycles. The minimum atomic E-state index is 0.0972. The number of carbonyl (C=O) groups is 1. The maximum Gasteiger partial charge on any atom is 0.223 e. The molecule has 5 rings (SSSR count). The number of ether oxygens (including phenoxy) is 1. The average Bonchev–Trinajstić information content (AvgIpc) is 3.52. The Bertz CT molecular complexity index is 1230. The van der Waals surface area contributed by atoms with Crippen LogP contribution in [0.15, 0.2) is 66.0 Å². The Labute approximate surface area is 204 Å². The molecule has 176 valence electrons. The number of nitrogens with one attached hydrogen (secondary N) is 1. The molecule has 4 aromatic rings. The van der Waals surface area contributed by atoms with Crippen LogP contribution in [0.4, 0.5) is 0 Å². The SMILES string of the molecule is COc1ccc(-n2c(CN3CCC(C(=O)NCCc4cccs4)CC3)nc3ccccc32)cc1. The monoisotopic (exact) mass is 474 g/mol. The molecule has 7 heteroatoms. The largest absolute Gasteiger partial charge is 0.497 e. The third-order valence-electron chi connectivity index (χ3n) is 6.54. The molecule has 0 radical (unpaired) electrons. The fraction of sp³-hybridized carbons (Fsp3) is 0.333. The van der Waals surface area contributed by atoms with Gasteiger partial charge in [-0.3, -0.25) is 14.3 Å². The van der Waals surface area contributed by atoms with Crippen molar-refractivity contribution in [3.05, 3.63) is 76.7 Å². The van der Waals surface area contributed by atoms with E-state index in [0.29, 0.717) is 6.54 Å². The molecule has 0 atom stereocenters. The third kappa shape index (κ3) is 5.00. The average molecular weight is 475 g/mol. The van der Waals surface area contributed by atoms with Crippen molar-refractivity contribution in [2.75, 3.05) is 26.7 Å². The van der Waals surface area contributed by atoms with Crippen LogP contribution in [0.5, 0.6) is 5.75 Å². The van der Waals surface area contributed by atoms with E-state index in [2.05, 4.69) is 62.6 Å². The van der Waals surface area contributed by atoms with E-state index >= 15 is 0 Å². The Morgan fingerprint density at radius 1 is 1.09 bits per heavy atom. The summed E-state index contributed by atoms with van der Waals surface area (Å²) in [7, 11) is 1.68. The Balaban J connectivity index is 1.23. The van der Waals surface area contributed by atoms with E-state index in [1.54, 1.807) is 18.4 Å². The number of aromatic nitrogens is 2. The number of fused-ring (bicyclic) bond motifs is 1. The highest BCUT2D eigenvalue weighted by Gasteiger charge is 2.26. The predicted molar refractivity (Wildman–Crippen MR) is 137 cm³/mol. The van der Waals surface area contributed by atoms with Crippen LogP contribution in [0.25, 0.3) is 16.7 Å². The highest BCUT2D eigenvalue weighted by Crippen LogP contribution is 2.26. The van der Waals surface area contributed by atoms with E-state index in [9.17, 15) is 4.79 Å². The van der Waals surface area contributed by atoms with Gasteiger partial charge in [-0.25, -0.2) is 4.98 Å². The zero-order valence-corrected chi connectivity index (χ0v) is 20.3. The second-order valence-electron chi connectivity index (χ2n) is 8.72. The fourth-order valence-electron chi connectivity index (χ4n) is 4.66. The van der Waals surface area contributed by atoms with Crippen molar-refractivity contribution < 1.29 is 9.53 Å². The molecule has 0 bridgehead atoms. The van der Waals surface area contributed by atoms with Gasteiger partial charge in [0, 0.05) is 23.0 Å². The normalized spacial score (nSPS) is 15.0. The van der Waals surface area contributed by atoms with Crippen molar-refractivity contribution >= 4 is 28.3 Å². The molecule has 1 amide bonds. The fourth-order valence-corrected chi connectivity index (χ4v) is 5.37. The number of hydrogen-bond donors (Lipinski definition) is 1. The van der Waals surface area contributed by atoms with Crippen LogP contribution in [-0.2, 0) is 17.8 Å². The van der Waals surface area contributed by atoms with Gasteiger partial charge in [-0.1, -0.05) is 18.2 Å². The molecular weight excluding hydrogens is 444 g/mol. The summed E-state index contributed by atoms with van der Waals surface area (Å²) in [6, 6.07) is 20.5. The van der Waals surface area contributed by atoms with Gasteiger partial charge < -0.3 is 10.1 Å². The Morgan fingerprint density at radius 3 is 2.62 bits per heavy atom.